The van der Waals surface area contributed by atoms with Crippen molar-refractivity contribution in [3.05, 3.63) is 69.7 Å². The third-order valence-electron chi connectivity index (χ3n) is 3.56. The molecule has 0 spiro atoms. The second-order valence-corrected chi connectivity index (χ2v) is 5.68. The average Bonchev–Trinajstić information content (AvgIpc) is 2.42. The summed E-state index contributed by atoms with van der Waals surface area (Å²) in [6.45, 7) is 7.37. The van der Waals surface area contributed by atoms with E-state index in [9.17, 15) is 0 Å². The zero-order valence-corrected chi connectivity index (χ0v) is 13.2. The minimum Gasteiger partial charge on any atom is -0.306 e. The molecular weight excluding hydrogens is 266 g/mol. The quantitative estimate of drug-likeness (QED) is 0.812. The van der Waals surface area contributed by atoms with Crippen LogP contribution in [0.4, 0.5) is 0 Å². The summed E-state index contributed by atoms with van der Waals surface area (Å²) in [6, 6.07) is 15.0. The molecule has 0 aliphatic heterocycles. The molecule has 0 radical (unpaired) electrons. The van der Waals surface area contributed by atoms with Crippen molar-refractivity contribution in [3.63, 3.8) is 0 Å². The maximum atomic E-state index is 6.47. The lowest BCUT2D eigenvalue weighted by atomic mass is 9.94. The van der Waals surface area contributed by atoms with Crippen molar-refractivity contribution in [2.24, 2.45) is 0 Å². The lowest BCUT2D eigenvalue weighted by Crippen LogP contribution is -2.24. The minimum atomic E-state index is 0.157. The van der Waals surface area contributed by atoms with Crippen LogP contribution in [0.3, 0.4) is 0 Å². The van der Waals surface area contributed by atoms with E-state index in [0.717, 1.165) is 23.6 Å². The first kappa shape index (κ1) is 15.1. The van der Waals surface area contributed by atoms with E-state index < -0.39 is 0 Å². The van der Waals surface area contributed by atoms with Gasteiger partial charge in [0.25, 0.3) is 0 Å². The lowest BCUT2D eigenvalue weighted by Gasteiger charge is -2.22. The molecule has 1 atom stereocenters. The second-order valence-electron chi connectivity index (χ2n) is 5.27. The summed E-state index contributed by atoms with van der Waals surface area (Å²) in [5.74, 6) is 0. The SMILES string of the molecule is CCCNC(c1ccccc1C)c1ccc(C)cc1Cl. The molecule has 0 fully saturated rings. The number of hydrogen-bond acceptors (Lipinski definition) is 1. The van der Waals surface area contributed by atoms with Gasteiger partial charge >= 0.3 is 0 Å². The maximum Gasteiger partial charge on any atom is 0.0594 e. The number of benzene rings is 2. The number of rotatable bonds is 5. The van der Waals surface area contributed by atoms with Gasteiger partial charge in [-0.1, -0.05) is 54.9 Å². The molecule has 0 saturated heterocycles. The molecule has 2 aromatic carbocycles. The normalized spacial score (nSPS) is 12.4. The van der Waals surface area contributed by atoms with Gasteiger partial charge in [0.15, 0.2) is 0 Å². The van der Waals surface area contributed by atoms with Crippen molar-refractivity contribution in [3.8, 4) is 0 Å². The molecule has 1 N–H and O–H groups in total. The van der Waals surface area contributed by atoms with Crippen LogP contribution in [-0.2, 0) is 0 Å². The Morgan fingerprint density at radius 2 is 1.80 bits per heavy atom. The molecule has 0 aromatic heterocycles. The molecule has 20 heavy (non-hydrogen) atoms. The van der Waals surface area contributed by atoms with Gasteiger partial charge in [-0.3, -0.25) is 0 Å². The highest BCUT2D eigenvalue weighted by Gasteiger charge is 2.17. The van der Waals surface area contributed by atoms with Crippen LogP contribution < -0.4 is 5.32 Å². The maximum absolute atomic E-state index is 6.47. The van der Waals surface area contributed by atoms with Gasteiger partial charge in [0.2, 0.25) is 0 Å². The summed E-state index contributed by atoms with van der Waals surface area (Å²) >= 11 is 6.47. The van der Waals surface area contributed by atoms with E-state index in [1.807, 2.05) is 6.07 Å². The summed E-state index contributed by atoms with van der Waals surface area (Å²) in [5, 5.41) is 4.45. The topological polar surface area (TPSA) is 12.0 Å². The zero-order chi connectivity index (χ0) is 14.5. The Bertz CT molecular complexity index is 577. The first-order chi connectivity index (χ1) is 9.63. The van der Waals surface area contributed by atoms with Crippen LogP contribution in [0.25, 0.3) is 0 Å². The average molecular weight is 288 g/mol. The minimum absolute atomic E-state index is 0.157. The highest BCUT2D eigenvalue weighted by Crippen LogP contribution is 2.30. The highest BCUT2D eigenvalue weighted by atomic mass is 35.5. The van der Waals surface area contributed by atoms with Gasteiger partial charge in [-0.2, -0.15) is 0 Å². The van der Waals surface area contributed by atoms with E-state index in [4.69, 9.17) is 11.6 Å². The Morgan fingerprint density at radius 1 is 1.05 bits per heavy atom. The van der Waals surface area contributed by atoms with E-state index in [-0.39, 0.29) is 6.04 Å². The summed E-state index contributed by atoms with van der Waals surface area (Å²) < 4.78 is 0. The Morgan fingerprint density at radius 3 is 2.45 bits per heavy atom. The summed E-state index contributed by atoms with van der Waals surface area (Å²) in [5.41, 5.74) is 4.93. The summed E-state index contributed by atoms with van der Waals surface area (Å²) in [7, 11) is 0. The molecule has 2 rings (SSSR count). The van der Waals surface area contributed by atoms with E-state index in [2.05, 4.69) is 62.5 Å². The molecule has 0 bridgehead atoms. The molecule has 2 heteroatoms. The van der Waals surface area contributed by atoms with Crippen LogP contribution in [0, 0.1) is 13.8 Å². The monoisotopic (exact) mass is 287 g/mol. The van der Waals surface area contributed by atoms with Gasteiger partial charge in [-0.15, -0.1) is 0 Å². The Balaban J connectivity index is 2.44. The Hall–Kier alpha value is -1.31. The van der Waals surface area contributed by atoms with E-state index >= 15 is 0 Å². The molecule has 0 amide bonds. The zero-order valence-electron chi connectivity index (χ0n) is 12.4. The molecular formula is C18H22ClN. The molecule has 106 valence electrons. The smallest absolute Gasteiger partial charge is 0.0594 e. The molecule has 0 saturated carbocycles. The predicted molar refractivity (Wildman–Crippen MR) is 87.5 cm³/mol. The second kappa shape index (κ2) is 6.92. The van der Waals surface area contributed by atoms with Gasteiger partial charge < -0.3 is 5.32 Å². The van der Waals surface area contributed by atoms with Crippen LogP contribution >= 0.6 is 11.6 Å². The third-order valence-corrected chi connectivity index (χ3v) is 3.89. The third kappa shape index (κ3) is 3.41. The van der Waals surface area contributed by atoms with Crippen molar-refractivity contribution < 1.29 is 0 Å². The van der Waals surface area contributed by atoms with Gasteiger partial charge in [0.05, 0.1) is 6.04 Å². The van der Waals surface area contributed by atoms with E-state index in [0.29, 0.717) is 0 Å². The molecule has 1 unspecified atom stereocenters. The van der Waals surface area contributed by atoms with E-state index in [1.54, 1.807) is 0 Å². The molecule has 1 nitrogen and oxygen atoms in total. The van der Waals surface area contributed by atoms with Crippen LogP contribution in [-0.4, -0.2) is 6.54 Å². The Kier molecular flexibility index (Phi) is 5.22. The lowest BCUT2D eigenvalue weighted by molar-refractivity contribution is 0.596. The van der Waals surface area contributed by atoms with Gasteiger partial charge in [0.1, 0.15) is 0 Å². The highest BCUT2D eigenvalue weighted by molar-refractivity contribution is 6.31. The first-order valence-electron chi connectivity index (χ1n) is 7.18. The first-order valence-corrected chi connectivity index (χ1v) is 7.56. The number of halogens is 1. The molecule has 2 aromatic rings. The van der Waals surface area contributed by atoms with Crippen molar-refractivity contribution in [2.45, 2.75) is 33.2 Å². The van der Waals surface area contributed by atoms with Crippen LogP contribution in [0.5, 0.6) is 0 Å². The van der Waals surface area contributed by atoms with Crippen molar-refractivity contribution in [1.82, 2.24) is 5.32 Å². The predicted octanol–water partition coefficient (Wildman–Crippen LogP) is 5.05. The summed E-state index contributed by atoms with van der Waals surface area (Å²) in [4.78, 5) is 0. The van der Waals surface area contributed by atoms with Crippen molar-refractivity contribution in [2.75, 3.05) is 6.54 Å². The van der Waals surface area contributed by atoms with Crippen LogP contribution in [0.15, 0.2) is 42.5 Å². The molecule has 0 heterocycles. The number of nitrogens with one attached hydrogen (secondary N) is 1. The van der Waals surface area contributed by atoms with Gasteiger partial charge in [-0.05, 0) is 55.1 Å². The number of aryl methyl sites for hydroxylation is 2. The molecule has 0 aliphatic rings. The van der Waals surface area contributed by atoms with Crippen LogP contribution in [0.2, 0.25) is 5.02 Å². The summed E-state index contributed by atoms with van der Waals surface area (Å²) in [6.07, 6.45) is 1.10. The van der Waals surface area contributed by atoms with Gasteiger partial charge in [-0.25, -0.2) is 0 Å². The van der Waals surface area contributed by atoms with Crippen molar-refractivity contribution >= 4 is 11.6 Å². The fourth-order valence-electron chi connectivity index (χ4n) is 2.45. The standard InChI is InChI=1S/C18H22ClN/c1-4-11-20-18(15-8-6-5-7-14(15)3)16-10-9-13(2)12-17(16)19/h5-10,12,18,20H,4,11H2,1-3H3. The molecule has 0 aliphatic carbocycles. The fraction of sp³-hybridized carbons (Fsp3) is 0.333. The van der Waals surface area contributed by atoms with Gasteiger partial charge in [0, 0.05) is 5.02 Å². The largest absolute Gasteiger partial charge is 0.306 e. The Labute approximate surface area is 127 Å². The number of hydrogen-bond donors (Lipinski definition) is 1. The van der Waals surface area contributed by atoms with Crippen molar-refractivity contribution in [1.29, 1.82) is 0 Å². The van der Waals surface area contributed by atoms with E-state index in [1.165, 1.54) is 16.7 Å². The fourth-order valence-corrected chi connectivity index (χ4v) is 2.80. The van der Waals surface area contributed by atoms with Crippen LogP contribution in [0.1, 0.15) is 41.6 Å².